The molecule has 0 fully saturated rings. The van der Waals surface area contributed by atoms with Gasteiger partial charge in [-0.05, 0) is 62.5 Å². The van der Waals surface area contributed by atoms with E-state index in [1.165, 1.54) is 18.3 Å². The fourth-order valence-electron chi connectivity index (χ4n) is 3.06. The maximum Gasteiger partial charge on any atom is 0.259 e. The third-order valence-electron chi connectivity index (χ3n) is 4.50. The molecular weight excluding hydrogens is 421 g/mol. The van der Waals surface area contributed by atoms with Crippen LogP contribution in [0.4, 0.5) is 15.8 Å². The van der Waals surface area contributed by atoms with Crippen molar-refractivity contribution in [2.24, 2.45) is 16.5 Å². The van der Waals surface area contributed by atoms with E-state index in [0.29, 0.717) is 28.5 Å². The van der Waals surface area contributed by atoms with Crippen molar-refractivity contribution >= 4 is 29.1 Å². The topological polar surface area (TPSA) is 116 Å². The summed E-state index contributed by atoms with van der Waals surface area (Å²) in [5.41, 5.74) is 13.7. The summed E-state index contributed by atoms with van der Waals surface area (Å²) in [5.74, 6) is -0.848. The fourth-order valence-corrected chi connectivity index (χ4v) is 3.06. The fraction of sp³-hybridized carbons (Fsp3) is 0.0800. The highest BCUT2D eigenvalue weighted by Gasteiger charge is 2.17. The summed E-state index contributed by atoms with van der Waals surface area (Å²) >= 11 is 0. The molecule has 0 aliphatic heterocycles. The van der Waals surface area contributed by atoms with E-state index in [1.807, 2.05) is 30.3 Å². The average molecular weight is 445 g/mol. The van der Waals surface area contributed by atoms with Crippen LogP contribution in [0.5, 0.6) is 11.5 Å². The van der Waals surface area contributed by atoms with Crippen molar-refractivity contribution in [2.75, 3.05) is 5.32 Å². The predicted octanol–water partition coefficient (Wildman–Crippen LogP) is 4.91. The van der Waals surface area contributed by atoms with Crippen LogP contribution in [0.1, 0.15) is 19.5 Å². The van der Waals surface area contributed by atoms with Crippen molar-refractivity contribution in [3.63, 3.8) is 0 Å². The predicted molar refractivity (Wildman–Crippen MR) is 129 cm³/mol. The van der Waals surface area contributed by atoms with Crippen LogP contribution >= 0.6 is 0 Å². The van der Waals surface area contributed by atoms with Crippen LogP contribution in [0.2, 0.25) is 0 Å². The van der Waals surface area contributed by atoms with E-state index < -0.39 is 11.7 Å². The third kappa shape index (κ3) is 6.04. The highest BCUT2D eigenvalue weighted by molar-refractivity contribution is 6.25. The number of nitrogens with zero attached hydrogens (tertiary/aromatic N) is 2. The van der Waals surface area contributed by atoms with Crippen molar-refractivity contribution in [1.29, 1.82) is 0 Å². The van der Waals surface area contributed by atoms with Gasteiger partial charge >= 0.3 is 0 Å². The summed E-state index contributed by atoms with van der Waals surface area (Å²) in [6.07, 6.45) is 4.44. The molecule has 168 valence electrons. The molecule has 33 heavy (non-hydrogen) atoms. The number of aromatic nitrogens is 1. The molecule has 3 aromatic rings. The first-order valence-corrected chi connectivity index (χ1v) is 10.1. The van der Waals surface area contributed by atoms with Crippen LogP contribution in [-0.2, 0) is 4.79 Å². The quantitative estimate of drug-likeness (QED) is 0.353. The number of amides is 1. The van der Waals surface area contributed by atoms with Gasteiger partial charge in [0.05, 0.1) is 17.0 Å². The second-order valence-corrected chi connectivity index (χ2v) is 7.04. The number of hydrogen-bond acceptors (Lipinski definition) is 6. The summed E-state index contributed by atoms with van der Waals surface area (Å²) in [5, 5.41) is 2.66. The first kappa shape index (κ1) is 23.2. The molecule has 3 rings (SSSR count). The number of halogens is 1. The molecule has 1 heterocycles. The van der Waals surface area contributed by atoms with E-state index in [-0.39, 0.29) is 17.0 Å². The molecule has 0 unspecified atom stereocenters. The SMILES string of the molecule is CC(=Nc1ccccc1)C(C(=O)Nc1ccc(Oc2cccnc2C=CN)c(F)c1)=C(C)N. The molecule has 2 aromatic carbocycles. The Morgan fingerprint density at radius 1 is 1.09 bits per heavy atom. The number of aliphatic imine (C=N–C) groups is 1. The third-order valence-corrected chi connectivity index (χ3v) is 4.50. The molecule has 0 aliphatic carbocycles. The average Bonchev–Trinajstić information content (AvgIpc) is 2.77. The number of rotatable bonds is 7. The number of ether oxygens (including phenoxy) is 1. The lowest BCUT2D eigenvalue weighted by Crippen LogP contribution is -2.22. The minimum absolute atomic E-state index is 0.0275. The number of para-hydroxylation sites is 1. The molecule has 8 heteroatoms. The van der Waals surface area contributed by atoms with Gasteiger partial charge in [0.1, 0.15) is 5.69 Å². The number of allylic oxidation sites excluding steroid dienone is 1. The summed E-state index contributed by atoms with van der Waals surface area (Å²) < 4.78 is 20.3. The van der Waals surface area contributed by atoms with E-state index >= 15 is 0 Å². The first-order chi connectivity index (χ1) is 15.9. The zero-order valence-corrected chi connectivity index (χ0v) is 18.2. The Labute approximate surface area is 191 Å². The van der Waals surface area contributed by atoms with Crippen molar-refractivity contribution in [2.45, 2.75) is 13.8 Å². The summed E-state index contributed by atoms with van der Waals surface area (Å²) in [6.45, 7) is 3.30. The molecule has 1 amide bonds. The Morgan fingerprint density at radius 2 is 1.85 bits per heavy atom. The number of carbonyl (C=O) groups excluding carboxylic acids is 1. The zero-order chi connectivity index (χ0) is 23.8. The van der Waals surface area contributed by atoms with Gasteiger partial charge in [-0.25, -0.2) is 4.39 Å². The summed E-state index contributed by atoms with van der Waals surface area (Å²) in [4.78, 5) is 21.5. The minimum Gasteiger partial charge on any atom is -0.452 e. The highest BCUT2D eigenvalue weighted by atomic mass is 19.1. The number of benzene rings is 2. The Balaban J connectivity index is 1.79. The molecule has 0 bridgehead atoms. The monoisotopic (exact) mass is 445 g/mol. The van der Waals surface area contributed by atoms with Crippen LogP contribution in [0, 0.1) is 5.82 Å². The van der Waals surface area contributed by atoms with Crippen LogP contribution < -0.4 is 21.5 Å². The molecule has 5 N–H and O–H groups in total. The molecule has 0 spiro atoms. The van der Waals surface area contributed by atoms with E-state index in [4.69, 9.17) is 16.2 Å². The number of anilines is 1. The van der Waals surface area contributed by atoms with Crippen molar-refractivity contribution < 1.29 is 13.9 Å². The number of carbonyl (C=O) groups is 1. The largest absolute Gasteiger partial charge is 0.452 e. The van der Waals surface area contributed by atoms with Crippen LogP contribution in [0.15, 0.2) is 89.3 Å². The standard InChI is InChI=1S/C25H24FN5O2/c1-16(28)24(17(2)30-18-7-4-3-5-8-18)25(32)31-19-10-11-22(20(26)15-19)33-23-9-6-14-29-21(23)12-13-27/h3-15H,27-28H2,1-2H3,(H,31,32). The Kier molecular flexibility index (Phi) is 7.54. The van der Waals surface area contributed by atoms with Crippen molar-refractivity contribution in [3.8, 4) is 11.5 Å². The molecule has 0 saturated heterocycles. The van der Waals surface area contributed by atoms with Crippen molar-refractivity contribution in [3.05, 3.63) is 95.8 Å². The number of pyridine rings is 1. The van der Waals surface area contributed by atoms with Crippen LogP contribution in [-0.4, -0.2) is 16.6 Å². The van der Waals surface area contributed by atoms with E-state index in [0.717, 1.165) is 6.07 Å². The van der Waals surface area contributed by atoms with E-state index in [2.05, 4.69) is 15.3 Å². The Bertz CT molecular complexity index is 1230. The van der Waals surface area contributed by atoms with Gasteiger partial charge in [-0.3, -0.25) is 14.8 Å². The lowest BCUT2D eigenvalue weighted by atomic mass is 10.1. The normalized spacial score (nSPS) is 12.4. The smallest absolute Gasteiger partial charge is 0.259 e. The molecule has 0 atom stereocenters. The van der Waals surface area contributed by atoms with E-state index in [1.54, 1.807) is 38.3 Å². The van der Waals surface area contributed by atoms with Crippen molar-refractivity contribution in [1.82, 2.24) is 4.98 Å². The highest BCUT2D eigenvalue weighted by Crippen LogP contribution is 2.29. The molecule has 0 aliphatic rings. The lowest BCUT2D eigenvalue weighted by Gasteiger charge is -2.13. The van der Waals surface area contributed by atoms with Gasteiger partial charge < -0.3 is 21.5 Å². The van der Waals surface area contributed by atoms with Gasteiger partial charge in [0.15, 0.2) is 17.3 Å². The second kappa shape index (κ2) is 10.7. The lowest BCUT2D eigenvalue weighted by molar-refractivity contribution is -0.112. The molecule has 1 aromatic heterocycles. The first-order valence-electron chi connectivity index (χ1n) is 10.1. The molecule has 0 radical (unpaired) electrons. The van der Waals surface area contributed by atoms with Gasteiger partial charge in [0.25, 0.3) is 5.91 Å². The Morgan fingerprint density at radius 3 is 2.52 bits per heavy atom. The van der Waals surface area contributed by atoms with Gasteiger partial charge in [-0.15, -0.1) is 0 Å². The maximum absolute atomic E-state index is 14.7. The summed E-state index contributed by atoms with van der Waals surface area (Å²) in [7, 11) is 0. The second-order valence-electron chi connectivity index (χ2n) is 7.04. The van der Waals surface area contributed by atoms with Crippen LogP contribution in [0.3, 0.4) is 0 Å². The maximum atomic E-state index is 14.7. The molecular formula is C25H24FN5O2. The Hall–Kier alpha value is -4.46. The summed E-state index contributed by atoms with van der Waals surface area (Å²) in [6, 6.07) is 16.6. The van der Waals surface area contributed by atoms with E-state index in [9.17, 15) is 9.18 Å². The van der Waals surface area contributed by atoms with Gasteiger partial charge in [0, 0.05) is 23.6 Å². The van der Waals surface area contributed by atoms with Crippen LogP contribution in [0.25, 0.3) is 6.08 Å². The molecule has 7 nitrogen and oxygen atoms in total. The van der Waals surface area contributed by atoms with Gasteiger partial charge in [-0.2, -0.15) is 0 Å². The zero-order valence-electron chi connectivity index (χ0n) is 18.2. The molecule has 0 saturated carbocycles. The number of hydrogen-bond donors (Lipinski definition) is 3. The van der Waals surface area contributed by atoms with Gasteiger partial charge in [0.2, 0.25) is 0 Å². The van der Waals surface area contributed by atoms with Gasteiger partial charge in [-0.1, -0.05) is 18.2 Å². The minimum atomic E-state index is -0.663. The number of nitrogens with two attached hydrogens (primary N) is 2. The number of nitrogens with one attached hydrogen (secondary N) is 1.